The molecule has 1 heterocycles. The maximum absolute atomic E-state index is 12.5. The van der Waals surface area contributed by atoms with Crippen LogP contribution in [-0.4, -0.2) is 23.2 Å². The van der Waals surface area contributed by atoms with Crippen LogP contribution in [0.2, 0.25) is 0 Å². The predicted octanol–water partition coefficient (Wildman–Crippen LogP) is 1.38. The van der Waals surface area contributed by atoms with Crippen LogP contribution in [0.15, 0.2) is 6.20 Å². The van der Waals surface area contributed by atoms with Crippen LogP contribution in [0.25, 0.3) is 0 Å². The normalized spacial score (nSPS) is 9.94. The van der Waals surface area contributed by atoms with Gasteiger partial charge in [0.15, 0.2) is 5.75 Å². The summed E-state index contributed by atoms with van der Waals surface area (Å²) >= 11 is 0. The quantitative estimate of drug-likeness (QED) is 0.773. The molecule has 7 heteroatoms. The Labute approximate surface area is 88.9 Å². The van der Waals surface area contributed by atoms with E-state index >= 15 is 0 Å². The minimum absolute atomic E-state index is 0.572. The molecule has 0 fully saturated rings. The van der Waals surface area contributed by atoms with Crippen molar-refractivity contribution < 1.29 is 23.4 Å². The number of nitriles is 1. The average Bonchev–Trinajstić information content (AvgIpc) is 2.27. The highest BCUT2D eigenvalue weighted by Gasteiger charge is 2.26. The van der Waals surface area contributed by atoms with E-state index in [1.165, 1.54) is 6.07 Å². The van der Waals surface area contributed by atoms with E-state index in [0.717, 1.165) is 7.11 Å². The first kappa shape index (κ1) is 11.8. The third kappa shape index (κ3) is 1.91. The number of carbonyl (C=O) groups excluding carboxylic acids is 1. The molecule has 0 bridgehead atoms. The van der Waals surface area contributed by atoms with Crippen LogP contribution in [0.4, 0.5) is 8.78 Å². The second-order valence-corrected chi connectivity index (χ2v) is 2.68. The molecule has 0 saturated carbocycles. The SMILES string of the molecule is COC(=O)c1c(C(F)F)ncc(O)c1C#N. The first-order valence-electron chi connectivity index (χ1n) is 4.01. The van der Waals surface area contributed by atoms with E-state index in [-0.39, 0.29) is 0 Å². The molecule has 0 aliphatic rings. The molecule has 0 spiro atoms. The molecule has 84 valence electrons. The third-order valence-corrected chi connectivity index (χ3v) is 1.80. The molecule has 0 amide bonds. The second-order valence-electron chi connectivity index (χ2n) is 2.68. The van der Waals surface area contributed by atoms with E-state index in [1.807, 2.05) is 0 Å². The third-order valence-electron chi connectivity index (χ3n) is 1.80. The lowest BCUT2D eigenvalue weighted by Crippen LogP contribution is -2.11. The molecule has 0 aliphatic carbocycles. The number of aromatic nitrogens is 1. The van der Waals surface area contributed by atoms with E-state index < -0.39 is 35.0 Å². The summed E-state index contributed by atoms with van der Waals surface area (Å²) in [7, 11) is 0.975. The summed E-state index contributed by atoms with van der Waals surface area (Å²) in [5, 5.41) is 17.9. The van der Waals surface area contributed by atoms with E-state index in [2.05, 4.69) is 9.72 Å². The molecule has 0 saturated heterocycles. The monoisotopic (exact) mass is 228 g/mol. The van der Waals surface area contributed by atoms with Crippen molar-refractivity contribution >= 4 is 5.97 Å². The van der Waals surface area contributed by atoms with Crippen LogP contribution in [0.1, 0.15) is 28.0 Å². The maximum atomic E-state index is 12.5. The van der Waals surface area contributed by atoms with Crippen LogP contribution in [0.3, 0.4) is 0 Å². The second kappa shape index (κ2) is 4.53. The highest BCUT2D eigenvalue weighted by molar-refractivity contribution is 5.94. The number of alkyl halides is 2. The van der Waals surface area contributed by atoms with Gasteiger partial charge in [0.05, 0.1) is 13.3 Å². The fourth-order valence-electron chi connectivity index (χ4n) is 1.10. The number of aromatic hydroxyl groups is 1. The number of methoxy groups -OCH3 is 1. The largest absolute Gasteiger partial charge is 0.505 e. The van der Waals surface area contributed by atoms with Crippen LogP contribution in [-0.2, 0) is 4.74 Å². The summed E-state index contributed by atoms with van der Waals surface area (Å²) in [4.78, 5) is 14.4. The van der Waals surface area contributed by atoms with Crippen molar-refractivity contribution in [3.05, 3.63) is 23.0 Å². The number of halogens is 2. The summed E-state index contributed by atoms with van der Waals surface area (Å²) < 4.78 is 29.3. The van der Waals surface area contributed by atoms with Crippen LogP contribution in [0.5, 0.6) is 5.75 Å². The zero-order valence-corrected chi connectivity index (χ0v) is 8.07. The molecule has 0 atom stereocenters. The summed E-state index contributed by atoms with van der Waals surface area (Å²) in [5.41, 5.74) is -2.17. The van der Waals surface area contributed by atoms with E-state index in [9.17, 15) is 18.7 Å². The Morgan fingerprint density at radius 1 is 1.69 bits per heavy atom. The Bertz CT molecular complexity index is 469. The Kier molecular flexibility index (Phi) is 3.35. The van der Waals surface area contributed by atoms with Gasteiger partial charge in [0, 0.05) is 0 Å². The van der Waals surface area contributed by atoms with Crippen LogP contribution < -0.4 is 0 Å². The van der Waals surface area contributed by atoms with Crippen molar-refractivity contribution in [3.8, 4) is 11.8 Å². The fraction of sp³-hybridized carbons (Fsp3) is 0.222. The standard InChI is InChI=1S/C9H6F2N2O3/c1-16-9(15)6-4(2-12)5(14)3-13-7(6)8(10)11/h3,8,14H,1H3. The number of rotatable bonds is 2. The molecule has 1 aromatic rings. The Balaban J connectivity index is 3.55. The van der Waals surface area contributed by atoms with Crippen LogP contribution >= 0.6 is 0 Å². The van der Waals surface area contributed by atoms with Gasteiger partial charge in [-0.05, 0) is 0 Å². The maximum Gasteiger partial charge on any atom is 0.341 e. The Hall–Kier alpha value is -2.23. The zero-order valence-electron chi connectivity index (χ0n) is 8.07. The molecule has 0 radical (unpaired) electrons. The van der Waals surface area contributed by atoms with E-state index in [0.29, 0.717) is 6.20 Å². The van der Waals surface area contributed by atoms with Gasteiger partial charge in [0.1, 0.15) is 22.9 Å². The minimum Gasteiger partial charge on any atom is -0.505 e. The number of nitrogens with zero attached hydrogens (tertiary/aromatic N) is 2. The van der Waals surface area contributed by atoms with Gasteiger partial charge >= 0.3 is 5.97 Å². The Morgan fingerprint density at radius 2 is 2.31 bits per heavy atom. The molecule has 0 unspecified atom stereocenters. The summed E-state index contributed by atoms with van der Waals surface area (Å²) in [6, 6.07) is 1.45. The molecule has 16 heavy (non-hydrogen) atoms. The van der Waals surface area contributed by atoms with Gasteiger partial charge < -0.3 is 9.84 Å². The van der Waals surface area contributed by atoms with Gasteiger partial charge in [-0.15, -0.1) is 0 Å². The van der Waals surface area contributed by atoms with E-state index in [1.54, 1.807) is 0 Å². The van der Waals surface area contributed by atoms with Gasteiger partial charge in [-0.25, -0.2) is 13.6 Å². The predicted molar refractivity (Wildman–Crippen MR) is 46.9 cm³/mol. The first-order chi connectivity index (χ1) is 7.52. The summed E-state index contributed by atoms with van der Waals surface area (Å²) in [6.45, 7) is 0. The lowest BCUT2D eigenvalue weighted by Gasteiger charge is -2.08. The molecule has 1 N–H and O–H groups in total. The molecule has 1 rings (SSSR count). The van der Waals surface area contributed by atoms with E-state index in [4.69, 9.17) is 5.26 Å². The molecule has 5 nitrogen and oxygen atoms in total. The molecule has 1 aromatic heterocycles. The highest BCUT2D eigenvalue weighted by atomic mass is 19.3. The number of hydrogen-bond donors (Lipinski definition) is 1. The van der Waals surface area contributed by atoms with Crippen molar-refractivity contribution in [2.75, 3.05) is 7.11 Å². The van der Waals surface area contributed by atoms with Gasteiger partial charge in [-0.2, -0.15) is 5.26 Å². The number of esters is 1. The number of carbonyl (C=O) groups is 1. The molecular formula is C9H6F2N2O3. The lowest BCUT2D eigenvalue weighted by molar-refractivity contribution is 0.0586. The Morgan fingerprint density at radius 3 is 2.75 bits per heavy atom. The summed E-state index contributed by atoms with van der Waals surface area (Å²) in [6.07, 6.45) is -2.35. The topological polar surface area (TPSA) is 83.2 Å². The molecule has 0 aromatic carbocycles. The zero-order chi connectivity index (χ0) is 12.3. The highest BCUT2D eigenvalue weighted by Crippen LogP contribution is 2.28. The molecule has 0 aliphatic heterocycles. The summed E-state index contributed by atoms with van der Waals surface area (Å²) in [5.74, 6) is -1.79. The van der Waals surface area contributed by atoms with Crippen molar-refractivity contribution in [2.45, 2.75) is 6.43 Å². The van der Waals surface area contributed by atoms with Crippen molar-refractivity contribution in [1.82, 2.24) is 4.98 Å². The van der Waals surface area contributed by atoms with Gasteiger partial charge in [-0.1, -0.05) is 0 Å². The number of hydrogen-bond acceptors (Lipinski definition) is 5. The average molecular weight is 228 g/mol. The van der Waals surface area contributed by atoms with Crippen LogP contribution in [0, 0.1) is 11.3 Å². The van der Waals surface area contributed by atoms with Crippen molar-refractivity contribution in [2.24, 2.45) is 0 Å². The minimum atomic E-state index is -3.04. The van der Waals surface area contributed by atoms with Gasteiger partial charge in [0.25, 0.3) is 6.43 Å². The first-order valence-corrected chi connectivity index (χ1v) is 4.01. The van der Waals surface area contributed by atoms with Crippen molar-refractivity contribution in [1.29, 1.82) is 5.26 Å². The smallest absolute Gasteiger partial charge is 0.341 e. The molecular weight excluding hydrogens is 222 g/mol. The fourth-order valence-corrected chi connectivity index (χ4v) is 1.10. The van der Waals surface area contributed by atoms with Gasteiger partial charge in [-0.3, -0.25) is 4.98 Å². The van der Waals surface area contributed by atoms with Crippen molar-refractivity contribution in [3.63, 3.8) is 0 Å². The number of ether oxygens (including phenoxy) is 1. The lowest BCUT2D eigenvalue weighted by atomic mass is 10.1. The van der Waals surface area contributed by atoms with Gasteiger partial charge in [0.2, 0.25) is 0 Å². The number of pyridine rings is 1.